The number of pyridine rings is 1. The number of hydrogen-bond acceptors (Lipinski definition) is 3. The molecular formula is C23H28N2O2. The van der Waals surface area contributed by atoms with Crippen molar-refractivity contribution in [1.29, 1.82) is 0 Å². The summed E-state index contributed by atoms with van der Waals surface area (Å²) in [4.78, 5) is 18.9. The van der Waals surface area contributed by atoms with Crippen LogP contribution < -0.4 is 4.74 Å². The maximum atomic E-state index is 12.8. The Morgan fingerprint density at radius 1 is 0.889 bits per heavy atom. The highest BCUT2D eigenvalue weighted by atomic mass is 16.5. The second-order valence-corrected chi connectivity index (χ2v) is 7.75. The van der Waals surface area contributed by atoms with Crippen molar-refractivity contribution < 1.29 is 9.53 Å². The molecule has 4 nitrogen and oxygen atoms in total. The van der Waals surface area contributed by atoms with E-state index in [9.17, 15) is 4.79 Å². The van der Waals surface area contributed by atoms with Gasteiger partial charge in [-0.2, -0.15) is 0 Å². The number of hydrogen-bond donors (Lipinski definition) is 0. The number of carbonyl (C=O) groups excluding carboxylic acids is 1. The van der Waals surface area contributed by atoms with Gasteiger partial charge in [0.15, 0.2) is 0 Å². The molecule has 0 spiro atoms. The van der Waals surface area contributed by atoms with E-state index >= 15 is 0 Å². The van der Waals surface area contributed by atoms with Gasteiger partial charge < -0.3 is 9.64 Å². The zero-order valence-electron chi connectivity index (χ0n) is 15.8. The van der Waals surface area contributed by atoms with Crippen molar-refractivity contribution in [3.05, 3.63) is 59.9 Å². The zero-order valence-corrected chi connectivity index (χ0v) is 15.8. The van der Waals surface area contributed by atoms with Gasteiger partial charge in [0.1, 0.15) is 5.75 Å². The van der Waals surface area contributed by atoms with Crippen molar-refractivity contribution in [2.24, 2.45) is 0 Å². The van der Waals surface area contributed by atoms with Crippen LogP contribution in [0, 0.1) is 0 Å². The molecule has 1 aliphatic heterocycles. The van der Waals surface area contributed by atoms with Gasteiger partial charge in [-0.3, -0.25) is 9.78 Å². The van der Waals surface area contributed by atoms with Crippen LogP contribution in [0.1, 0.15) is 66.8 Å². The zero-order chi connectivity index (χ0) is 18.5. The molecule has 0 bridgehead atoms. The summed E-state index contributed by atoms with van der Waals surface area (Å²) in [7, 11) is 0. The Hall–Kier alpha value is -2.36. The van der Waals surface area contributed by atoms with Crippen LogP contribution >= 0.6 is 0 Å². The lowest BCUT2D eigenvalue weighted by atomic mass is 9.90. The predicted molar refractivity (Wildman–Crippen MR) is 106 cm³/mol. The van der Waals surface area contributed by atoms with Crippen LogP contribution in [0.3, 0.4) is 0 Å². The molecule has 1 saturated carbocycles. The molecule has 1 saturated heterocycles. The number of likely N-dealkylation sites (tertiary alicyclic amines) is 1. The molecule has 0 unspecified atom stereocenters. The molecule has 2 aromatic rings. The quantitative estimate of drug-likeness (QED) is 0.782. The summed E-state index contributed by atoms with van der Waals surface area (Å²) >= 11 is 0. The van der Waals surface area contributed by atoms with Gasteiger partial charge in [0, 0.05) is 31.0 Å². The Morgan fingerprint density at radius 2 is 1.56 bits per heavy atom. The fourth-order valence-corrected chi connectivity index (χ4v) is 4.29. The molecule has 1 amide bonds. The van der Waals surface area contributed by atoms with Gasteiger partial charge in [0.2, 0.25) is 0 Å². The lowest BCUT2D eigenvalue weighted by Crippen LogP contribution is -2.37. The largest absolute Gasteiger partial charge is 0.490 e. The highest BCUT2D eigenvalue weighted by Gasteiger charge is 2.24. The van der Waals surface area contributed by atoms with Crippen molar-refractivity contribution in [2.75, 3.05) is 13.1 Å². The molecule has 142 valence electrons. The second-order valence-electron chi connectivity index (χ2n) is 7.75. The summed E-state index contributed by atoms with van der Waals surface area (Å²) in [6.45, 7) is 1.62. The first-order valence-electron chi connectivity index (χ1n) is 10.3. The van der Waals surface area contributed by atoms with Crippen LogP contribution in [-0.4, -0.2) is 35.0 Å². The van der Waals surface area contributed by atoms with Gasteiger partial charge in [-0.05, 0) is 86.4 Å². The van der Waals surface area contributed by atoms with Crippen LogP contribution in [0.25, 0.3) is 0 Å². The minimum Gasteiger partial charge on any atom is -0.490 e. The highest BCUT2D eigenvalue weighted by molar-refractivity contribution is 5.94. The third-order valence-electron chi connectivity index (χ3n) is 5.92. The fourth-order valence-electron chi connectivity index (χ4n) is 4.29. The first-order valence-corrected chi connectivity index (χ1v) is 10.3. The van der Waals surface area contributed by atoms with Crippen molar-refractivity contribution >= 4 is 5.91 Å². The average Bonchev–Trinajstić information content (AvgIpc) is 2.75. The normalized spacial score (nSPS) is 19.0. The van der Waals surface area contributed by atoms with E-state index in [1.165, 1.54) is 24.8 Å². The summed E-state index contributed by atoms with van der Waals surface area (Å²) in [6.07, 6.45) is 12.2. The summed E-state index contributed by atoms with van der Waals surface area (Å²) in [5.74, 6) is 1.55. The molecule has 4 heteroatoms. The number of nitrogens with zero attached hydrogens (tertiary/aromatic N) is 2. The van der Waals surface area contributed by atoms with Crippen molar-refractivity contribution in [1.82, 2.24) is 9.88 Å². The molecule has 2 heterocycles. The molecule has 2 fully saturated rings. The first-order chi connectivity index (χ1) is 13.3. The molecule has 2 aliphatic rings. The molecule has 0 atom stereocenters. The van der Waals surface area contributed by atoms with E-state index in [0.29, 0.717) is 12.0 Å². The molecule has 27 heavy (non-hydrogen) atoms. The smallest absolute Gasteiger partial charge is 0.253 e. The Kier molecular flexibility index (Phi) is 5.71. The van der Waals surface area contributed by atoms with E-state index in [0.717, 1.165) is 50.1 Å². The summed E-state index contributed by atoms with van der Waals surface area (Å²) in [5.41, 5.74) is 2.09. The van der Waals surface area contributed by atoms with E-state index in [-0.39, 0.29) is 5.91 Å². The van der Waals surface area contributed by atoms with Gasteiger partial charge >= 0.3 is 0 Å². The lowest BCUT2D eigenvalue weighted by Gasteiger charge is -2.32. The third kappa shape index (κ3) is 4.49. The SMILES string of the molecule is O=C(c1ccc(OC2CCCCC2)cc1)N1CCC(c2ccncc2)CC1. The summed E-state index contributed by atoms with van der Waals surface area (Å²) < 4.78 is 6.07. The Morgan fingerprint density at radius 3 is 2.22 bits per heavy atom. The number of benzene rings is 1. The molecule has 1 aromatic carbocycles. The van der Waals surface area contributed by atoms with E-state index in [1.54, 1.807) is 0 Å². The third-order valence-corrected chi connectivity index (χ3v) is 5.92. The van der Waals surface area contributed by atoms with Crippen LogP contribution in [0.4, 0.5) is 0 Å². The van der Waals surface area contributed by atoms with Crippen LogP contribution in [0.5, 0.6) is 5.75 Å². The van der Waals surface area contributed by atoms with Crippen molar-refractivity contribution in [3.8, 4) is 5.75 Å². The highest BCUT2D eigenvalue weighted by Crippen LogP contribution is 2.29. The van der Waals surface area contributed by atoms with Crippen molar-refractivity contribution in [3.63, 3.8) is 0 Å². The molecule has 0 N–H and O–H groups in total. The maximum absolute atomic E-state index is 12.8. The standard InChI is InChI=1S/C23H28N2O2/c26-23(25-16-12-19(13-17-25)18-10-14-24-15-11-18)20-6-8-22(9-7-20)27-21-4-2-1-3-5-21/h6-11,14-15,19,21H,1-5,12-13,16-17H2. The van der Waals surface area contributed by atoms with E-state index in [2.05, 4.69) is 17.1 Å². The predicted octanol–water partition coefficient (Wildman–Crippen LogP) is 4.81. The molecule has 4 rings (SSSR count). The average molecular weight is 364 g/mol. The van der Waals surface area contributed by atoms with Gasteiger partial charge in [0.05, 0.1) is 6.10 Å². The fraction of sp³-hybridized carbons (Fsp3) is 0.478. The number of aromatic nitrogens is 1. The lowest BCUT2D eigenvalue weighted by molar-refractivity contribution is 0.0713. The van der Waals surface area contributed by atoms with Gasteiger partial charge in [-0.1, -0.05) is 6.42 Å². The number of rotatable bonds is 4. The van der Waals surface area contributed by atoms with Crippen LogP contribution in [-0.2, 0) is 0 Å². The van der Waals surface area contributed by atoms with Gasteiger partial charge in [-0.15, -0.1) is 0 Å². The molecule has 1 aromatic heterocycles. The molecule has 0 radical (unpaired) electrons. The number of ether oxygens (including phenoxy) is 1. The van der Waals surface area contributed by atoms with E-state index in [4.69, 9.17) is 4.74 Å². The first kappa shape index (κ1) is 18.0. The Labute approximate surface area is 161 Å². The monoisotopic (exact) mass is 364 g/mol. The molecule has 1 aliphatic carbocycles. The van der Waals surface area contributed by atoms with Gasteiger partial charge in [-0.25, -0.2) is 0 Å². The van der Waals surface area contributed by atoms with Crippen molar-refractivity contribution in [2.45, 2.75) is 57.0 Å². The summed E-state index contributed by atoms with van der Waals surface area (Å²) in [5, 5.41) is 0. The van der Waals surface area contributed by atoms with Crippen LogP contribution in [0.2, 0.25) is 0 Å². The molecular weight excluding hydrogens is 336 g/mol. The number of amides is 1. The van der Waals surface area contributed by atoms with E-state index < -0.39 is 0 Å². The van der Waals surface area contributed by atoms with Gasteiger partial charge in [0.25, 0.3) is 5.91 Å². The summed E-state index contributed by atoms with van der Waals surface area (Å²) in [6, 6.07) is 11.9. The second kappa shape index (κ2) is 8.55. The Balaban J connectivity index is 1.32. The number of piperidine rings is 1. The number of carbonyl (C=O) groups is 1. The van der Waals surface area contributed by atoms with E-state index in [1.807, 2.05) is 41.6 Å². The minimum absolute atomic E-state index is 0.132. The topological polar surface area (TPSA) is 42.4 Å². The Bertz CT molecular complexity index is 731. The van der Waals surface area contributed by atoms with Crippen LogP contribution in [0.15, 0.2) is 48.8 Å². The minimum atomic E-state index is 0.132. The maximum Gasteiger partial charge on any atom is 0.253 e.